The van der Waals surface area contributed by atoms with Gasteiger partial charge in [0.05, 0.1) is 6.61 Å². The SMILES string of the molecule is CCCCCON1C(C)(C)CC(N(CCCC)c2nc(Cl)nc(Cl)n2)CC1(C)C. The van der Waals surface area contributed by atoms with E-state index >= 15 is 0 Å². The van der Waals surface area contributed by atoms with Crippen LogP contribution < -0.4 is 4.90 Å². The van der Waals surface area contributed by atoms with Crippen LogP contribution in [0, 0.1) is 0 Å². The number of hydrogen-bond donors (Lipinski definition) is 0. The van der Waals surface area contributed by atoms with E-state index < -0.39 is 0 Å². The third-order valence-electron chi connectivity index (χ3n) is 5.56. The van der Waals surface area contributed by atoms with Crippen LogP contribution in [0.25, 0.3) is 0 Å². The van der Waals surface area contributed by atoms with Crippen LogP contribution in [0.1, 0.15) is 86.5 Å². The molecule has 0 aliphatic carbocycles. The normalized spacial score (nSPS) is 19.4. The summed E-state index contributed by atoms with van der Waals surface area (Å²) >= 11 is 12.2. The van der Waals surface area contributed by atoms with Gasteiger partial charge in [-0.15, -0.1) is 0 Å². The molecule has 166 valence electrons. The number of nitrogens with zero attached hydrogens (tertiary/aromatic N) is 5. The lowest BCUT2D eigenvalue weighted by molar-refractivity contribution is -0.283. The fraction of sp³-hybridized carbons (Fsp3) is 0.857. The van der Waals surface area contributed by atoms with Gasteiger partial charge >= 0.3 is 0 Å². The summed E-state index contributed by atoms with van der Waals surface area (Å²) in [5.41, 5.74) is -0.243. The Labute approximate surface area is 186 Å². The van der Waals surface area contributed by atoms with E-state index in [2.05, 4.69) is 66.5 Å². The van der Waals surface area contributed by atoms with Crippen LogP contribution in [0.2, 0.25) is 10.6 Å². The molecule has 6 nitrogen and oxygen atoms in total. The van der Waals surface area contributed by atoms with Gasteiger partial charge in [-0.05, 0) is 76.6 Å². The molecule has 2 rings (SSSR count). The first kappa shape index (κ1) is 24.6. The highest BCUT2D eigenvalue weighted by atomic mass is 35.5. The summed E-state index contributed by atoms with van der Waals surface area (Å²) in [6, 6.07) is 0.261. The van der Waals surface area contributed by atoms with Crippen LogP contribution in [0.15, 0.2) is 0 Å². The summed E-state index contributed by atoms with van der Waals surface area (Å²) in [6.07, 6.45) is 7.51. The second-order valence-corrected chi connectivity index (χ2v) is 9.92. The third kappa shape index (κ3) is 6.65. The highest BCUT2D eigenvalue weighted by Gasteiger charge is 2.48. The third-order valence-corrected chi connectivity index (χ3v) is 5.90. The molecule has 0 radical (unpaired) electrons. The van der Waals surface area contributed by atoms with Crippen LogP contribution in [-0.4, -0.2) is 50.3 Å². The second kappa shape index (κ2) is 10.6. The quantitative estimate of drug-likeness (QED) is 0.416. The van der Waals surface area contributed by atoms with E-state index in [4.69, 9.17) is 28.0 Å². The van der Waals surface area contributed by atoms with Crippen molar-refractivity contribution in [2.75, 3.05) is 18.1 Å². The molecular weight excluding hydrogens is 409 g/mol. The molecule has 1 fully saturated rings. The predicted octanol–water partition coefficient (Wildman–Crippen LogP) is 5.93. The maximum Gasteiger partial charge on any atom is 0.231 e. The number of hydroxylamine groups is 2. The molecule has 1 aromatic heterocycles. The second-order valence-electron chi connectivity index (χ2n) is 9.24. The molecule has 0 amide bonds. The topological polar surface area (TPSA) is 54.4 Å². The first-order valence-electron chi connectivity index (χ1n) is 10.9. The number of hydrogen-bond acceptors (Lipinski definition) is 6. The summed E-state index contributed by atoms with van der Waals surface area (Å²) < 4.78 is 0. The zero-order chi connectivity index (χ0) is 21.7. The average molecular weight is 446 g/mol. The lowest BCUT2D eigenvalue weighted by Crippen LogP contribution is -2.64. The van der Waals surface area contributed by atoms with Crippen molar-refractivity contribution >= 4 is 29.2 Å². The van der Waals surface area contributed by atoms with E-state index in [9.17, 15) is 0 Å². The Morgan fingerprint density at radius 2 is 1.48 bits per heavy atom. The van der Waals surface area contributed by atoms with Gasteiger partial charge in [-0.3, -0.25) is 4.84 Å². The van der Waals surface area contributed by atoms with E-state index in [-0.39, 0.29) is 27.7 Å². The minimum Gasteiger partial charge on any atom is -0.338 e. The zero-order valence-electron chi connectivity index (χ0n) is 18.8. The van der Waals surface area contributed by atoms with Crippen molar-refractivity contribution in [2.45, 2.75) is 104 Å². The van der Waals surface area contributed by atoms with Gasteiger partial charge in [0.2, 0.25) is 16.5 Å². The highest BCUT2D eigenvalue weighted by molar-refractivity contribution is 6.31. The molecule has 2 heterocycles. The molecular formula is C21H37Cl2N5O. The first-order chi connectivity index (χ1) is 13.6. The van der Waals surface area contributed by atoms with Crippen molar-refractivity contribution in [1.29, 1.82) is 0 Å². The number of piperidine rings is 1. The Kier molecular flexibility index (Phi) is 8.95. The molecule has 1 saturated heterocycles. The van der Waals surface area contributed by atoms with Crippen LogP contribution in [0.5, 0.6) is 0 Å². The molecule has 0 N–H and O–H groups in total. The standard InChI is InChI=1S/C21H37Cl2N5O/c1-7-9-11-13-29-28-20(3,4)14-16(15-21(28,5)6)27(12-10-8-2)19-25-17(22)24-18(23)26-19/h16H,7-15H2,1-6H3. The number of anilines is 1. The zero-order valence-corrected chi connectivity index (χ0v) is 20.4. The molecule has 0 unspecified atom stereocenters. The number of rotatable bonds is 10. The molecule has 0 saturated carbocycles. The van der Waals surface area contributed by atoms with E-state index in [0.717, 1.165) is 45.3 Å². The molecule has 1 aliphatic heterocycles. The van der Waals surface area contributed by atoms with Crippen molar-refractivity contribution in [1.82, 2.24) is 20.0 Å². The maximum atomic E-state index is 6.30. The minimum absolute atomic E-state index is 0.121. The van der Waals surface area contributed by atoms with Crippen molar-refractivity contribution in [3.8, 4) is 0 Å². The summed E-state index contributed by atoms with van der Waals surface area (Å²) in [5.74, 6) is 0.567. The van der Waals surface area contributed by atoms with Crippen molar-refractivity contribution in [3.05, 3.63) is 10.6 Å². The van der Waals surface area contributed by atoms with Crippen molar-refractivity contribution in [2.24, 2.45) is 0 Å². The Morgan fingerprint density at radius 1 is 0.931 bits per heavy atom. The molecule has 8 heteroatoms. The Bertz CT molecular complexity index is 618. The molecule has 0 spiro atoms. The van der Waals surface area contributed by atoms with Gasteiger partial charge < -0.3 is 4.90 Å². The van der Waals surface area contributed by atoms with Gasteiger partial charge in [-0.2, -0.15) is 20.0 Å². The monoisotopic (exact) mass is 445 g/mol. The molecule has 29 heavy (non-hydrogen) atoms. The van der Waals surface area contributed by atoms with Crippen LogP contribution in [0.4, 0.5) is 5.95 Å². The number of halogens is 2. The van der Waals surface area contributed by atoms with Gasteiger partial charge in [0.25, 0.3) is 0 Å². The lowest BCUT2D eigenvalue weighted by atomic mass is 9.78. The first-order valence-corrected chi connectivity index (χ1v) is 11.6. The molecule has 1 aliphatic rings. The summed E-state index contributed by atoms with van der Waals surface area (Å²) in [5, 5.41) is 2.49. The van der Waals surface area contributed by atoms with E-state index in [1.165, 1.54) is 12.8 Å². The number of aromatic nitrogens is 3. The van der Waals surface area contributed by atoms with Crippen LogP contribution in [-0.2, 0) is 4.84 Å². The molecule has 0 aromatic carbocycles. The molecule has 1 aromatic rings. The summed E-state index contributed by atoms with van der Waals surface area (Å²) in [6.45, 7) is 15.1. The summed E-state index contributed by atoms with van der Waals surface area (Å²) in [7, 11) is 0. The molecule has 0 bridgehead atoms. The van der Waals surface area contributed by atoms with E-state index in [0.29, 0.717) is 5.95 Å². The van der Waals surface area contributed by atoms with Gasteiger partial charge in [0.15, 0.2) is 0 Å². The average Bonchev–Trinajstić information content (AvgIpc) is 2.59. The van der Waals surface area contributed by atoms with E-state index in [1.54, 1.807) is 0 Å². The van der Waals surface area contributed by atoms with Crippen molar-refractivity contribution < 1.29 is 4.84 Å². The van der Waals surface area contributed by atoms with Crippen LogP contribution >= 0.6 is 23.2 Å². The minimum atomic E-state index is -0.121. The fourth-order valence-electron chi connectivity index (χ4n) is 4.51. The highest BCUT2D eigenvalue weighted by Crippen LogP contribution is 2.41. The van der Waals surface area contributed by atoms with Gasteiger partial charge in [0, 0.05) is 23.7 Å². The maximum absolute atomic E-state index is 6.30. The van der Waals surface area contributed by atoms with Crippen molar-refractivity contribution in [3.63, 3.8) is 0 Å². The van der Waals surface area contributed by atoms with Gasteiger partial charge in [-0.25, -0.2) is 0 Å². The Hall–Kier alpha value is -0.690. The summed E-state index contributed by atoms with van der Waals surface area (Å²) in [4.78, 5) is 21.3. The Balaban J connectivity index is 2.25. The largest absolute Gasteiger partial charge is 0.338 e. The number of unbranched alkanes of at least 4 members (excludes halogenated alkanes) is 3. The van der Waals surface area contributed by atoms with Crippen LogP contribution in [0.3, 0.4) is 0 Å². The molecule has 0 atom stereocenters. The fourth-order valence-corrected chi connectivity index (χ4v) is 4.86. The van der Waals surface area contributed by atoms with E-state index in [1.807, 2.05) is 0 Å². The van der Waals surface area contributed by atoms with Gasteiger partial charge in [-0.1, -0.05) is 33.1 Å². The lowest BCUT2D eigenvalue weighted by Gasteiger charge is -2.55. The Morgan fingerprint density at radius 3 is 2.00 bits per heavy atom. The van der Waals surface area contributed by atoms with Gasteiger partial charge in [0.1, 0.15) is 0 Å². The smallest absolute Gasteiger partial charge is 0.231 e. The predicted molar refractivity (Wildman–Crippen MR) is 121 cm³/mol.